The van der Waals surface area contributed by atoms with E-state index in [1.807, 2.05) is 24.3 Å². The molecule has 0 aromatic heterocycles. The lowest BCUT2D eigenvalue weighted by molar-refractivity contribution is -0.127. The molecule has 1 amide bonds. The highest BCUT2D eigenvalue weighted by Gasteiger charge is 2.39. The summed E-state index contributed by atoms with van der Waals surface area (Å²) in [7, 11) is 0. The first-order chi connectivity index (χ1) is 10.5. The molecule has 1 aromatic carbocycles. The van der Waals surface area contributed by atoms with Crippen LogP contribution in [0.2, 0.25) is 0 Å². The number of carbonyl (C=O) groups excluding carboxylic acids is 1. The minimum absolute atomic E-state index is 0. The van der Waals surface area contributed by atoms with Crippen LogP contribution in [0.5, 0.6) is 0 Å². The normalized spacial score (nSPS) is 25.6. The molecular weight excluding hydrogens is 413 g/mol. The topological polar surface area (TPSA) is 58.4 Å². The molecule has 3 N–H and O–H groups in total. The molecule has 0 spiro atoms. The van der Waals surface area contributed by atoms with Gasteiger partial charge in [0.05, 0.1) is 0 Å². The van der Waals surface area contributed by atoms with Gasteiger partial charge in [0, 0.05) is 23.1 Å². The van der Waals surface area contributed by atoms with Gasteiger partial charge < -0.3 is 11.1 Å². The molecular formula is C17H26BrCl2N3O. The highest BCUT2D eigenvalue weighted by molar-refractivity contribution is 9.10. The maximum absolute atomic E-state index is 12.7. The van der Waals surface area contributed by atoms with Crippen molar-refractivity contribution in [2.45, 2.75) is 50.2 Å². The van der Waals surface area contributed by atoms with E-state index in [4.69, 9.17) is 5.73 Å². The van der Waals surface area contributed by atoms with Crippen molar-refractivity contribution in [2.75, 3.05) is 13.1 Å². The van der Waals surface area contributed by atoms with E-state index in [1.54, 1.807) is 6.92 Å². The van der Waals surface area contributed by atoms with Crippen molar-refractivity contribution in [1.82, 2.24) is 10.2 Å². The van der Waals surface area contributed by atoms with Gasteiger partial charge in [0.25, 0.3) is 0 Å². The Morgan fingerprint density at radius 3 is 2.54 bits per heavy atom. The second kappa shape index (κ2) is 8.86. The van der Waals surface area contributed by atoms with Gasteiger partial charge in [0.15, 0.2) is 0 Å². The number of halogens is 3. The average Bonchev–Trinajstić information content (AvgIpc) is 2.91. The van der Waals surface area contributed by atoms with Gasteiger partial charge in [-0.2, -0.15) is 0 Å². The molecule has 2 heterocycles. The largest absolute Gasteiger partial charge is 0.350 e. The molecule has 1 aromatic rings. The van der Waals surface area contributed by atoms with Gasteiger partial charge in [-0.25, -0.2) is 0 Å². The highest BCUT2D eigenvalue weighted by atomic mass is 79.9. The van der Waals surface area contributed by atoms with E-state index in [2.05, 4.69) is 26.1 Å². The van der Waals surface area contributed by atoms with Crippen LogP contribution in [0, 0.1) is 0 Å². The predicted molar refractivity (Wildman–Crippen MR) is 106 cm³/mol. The number of hydrogen-bond donors (Lipinski definition) is 2. The van der Waals surface area contributed by atoms with E-state index in [1.165, 1.54) is 25.8 Å². The summed E-state index contributed by atoms with van der Waals surface area (Å²) in [5.41, 5.74) is 6.18. The summed E-state index contributed by atoms with van der Waals surface area (Å²) in [6.45, 7) is 4.05. The molecule has 0 radical (unpaired) electrons. The molecule has 2 saturated heterocycles. The summed E-state index contributed by atoms with van der Waals surface area (Å²) < 4.78 is 0.987. The van der Waals surface area contributed by atoms with Crippen LogP contribution >= 0.6 is 40.7 Å². The first-order valence-corrected chi connectivity index (χ1v) is 8.88. The van der Waals surface area contributed by atoms with Crippen molar-refractivity contribution >= 4 is 46.7 Å². The maximum atomic E-state index is 12.7. The van der Waals surface area contributed by atoms with Gasteiger partial charge in [0.1, 0.15) is 5.54 Å². The van der Waals surface area contributed by atoms with Crippen molar-refractivity contribution in [3.8, 4) is 0 Å². The Kier molecular flexibility index (Phi) is 8.01. The Morgan fingerprint density at radius 1 is 1.21 bits per heavy atom. The third-order valence-electron chi connectivity index (χ3n) is 5.09. The van der Waals surface area contributed by atoms with Crippen LogP contribution in [0.15, 0.2) is 28.7 Å². The van der Waals surface area contributed by atoms with E-state index in [-0.39, 0.29) is 36.8 Å². The van der Waals surface area contributed by atoms with E-state index in [0.29, 0.717) is 6.04 Å². The van der Waals surface area contributed by atoms with Crippen LogP contribution in [0.1, 0.15) is 38.2 Å². The summed E-state index contributed by atoms with van der Waals surface area (Å²) in [4.78, 5) is 15.2. The Balaban J connectivity index is 0.00000144. The first-order valence-electron chi connectivity index (χ1n) is 8.08. The highest BCUT2D eigenvalue weighted by Crippen LogP contribution is 2.28. The number of nitrogens with one attached hydrogen (secondary N) is 1. The molecule has 4 nitrogen and oxygen atoms in total. The van der Waals surface area contributed by atoms with Crippen molar-refractivity contribution in [1.29, 1.82) is 0 Å². The van der Waals surface area contributed by atoms with Crippen LogP contribution in [-0.4, -0.2) is 36.0 Å². The molecule has 3 atom stereocenters. The number of rotatable bonds is 3. The van der Waals surface area contributed by atoms with Crippen LogP contribution in [0.25, 0.3) is 0 Å². The molecule has 0 bridgehead atoms. The number of piperidine rings is 1. The summed E-state index contributed by atoms with van der Waals surface area (Å²) in [6, 6.07) is 8.40. The van der Waals surface area contributed by atoms with E-state index >= 15 is 0 Å². The Bertz CT molecular complexity index is 553. The molecule has 7 heteroatoms. The van der Waals surface area contributed by atoms with Gasteiger partial charge in [-0.3, -0.25) is 9.69 Å². The number of fused-ring (bicyclic) bond motifs is 1. The standard InChI is InChI=1S/C17H24BrN3O.2ClH/c1-17(19,12-5-7-13(18)8-6-12)16(22)20-14-9-11-21-10-3-2-4-15(14)21;;/h5-8,14-15H,2-4,9-11,19H2,1H3,(H,20,22);2*1H. The molecule has 3 unspecified atom stereocenters. The Hall–Kier alpha value is -0.330. The summed E-state index contributed by atoms with van der Waals surface area (Å²) in [6.07, 6.45) is 4.77. The third-order valence-corrected chi connectivity index (χ3v) is 5.62. The molecule has 2 aliphatic rings. The number of nitrogens with zero attached hydrogens (tertiary/aromatic N) is 1. The number of nitrogens with two attached hydrogens (primary N) is 1. The second-order valence-electron chi connectivity index (χ2n) is 6.68. The number of carbonyl (C=O) groups is 1. The number of benzene rings is 1. The van der Waals surface area contributed by atoms with Crippen LogP contribution in [0.3, 0.4) is 0 Å². The molecule has 2 aliphatic heterocycles. The van der Waals surface area contributed by atoms with Crippen molar-refractivity contribution in [3.63, 3.8) is 0 Å². The monoisotopic (exact) mass is 437 g/mol. The quantitative estimate of drug-likeness (QED) is 0.761. The smallest absolute Gasteiger partial charge is 0.244 e. The van der Waals surface area contributed by atoms with Crippen molar-refractivity contribution in [3.05, 3.63) is 34.3 Å². The van der Waals surface area contributed by atoms with Gasteiger partial charge in [-0.15, -0.1) is 24.8 Å². The average molecular weight is 439 g/mol. The minimum Gasteiger partial charge on any atom is -0.350 e. The van der Waals surface area contributed by atoms with Gasteiger partial charge >= 0.3 is 0 Å². The summed E-state index contributed by atoms with van der Waals surface area (Å²) in [5.74, 6) is -0.0766. The van der Waals surface area contributed by atoms with Gasteiger partial charge in [-0.1, -0.05) is 34.5 Å². The van der Waals surface area contributed by atoms with E-state index in [9.17, 15) is 4.79 Å². The summed E-state index contributed by atoms with van der Waals surface area (Å²) in [5, 5.41) is 3.21. The third kappa shape index (κ3) is 4.44. The molecule has 2 fully saturated rings. The van der Waals surface area contributed by atoms with Crippen molar-refractivity contribution < 1.29 is 4.79 Å². The first kappa shape index (κ1) is 21.7. The number of hydrogen-bond acceptors (Lipinski definition) is 3. The van der Waals surface area contributed by atoms with Crippen LogP contribution in [0.4, 0.5) is 0 Å². The minimum atomic E-state index is -0.997. The van der Waals surface area contributed by atoms with E-state index < -0.39 is 5.54 Å². The molecule has 0 saturated carbocycles. The fourth-order valence-electron chi connectivity index (χ4n) is 3.66. The second-order valence-corrected chi connectivity index (χ2v) is 7.59. The fraction of sp³-hybridized carbons (Fsp3) is 0.588. The summed E-state index contributed by atoms with van der Waals surface area (Å²) >= 11 is 3.41. The van der Waals surface area contributed by atoms with Crippen LogP contribution in [-0.2, 0) is 10.3 Å². The lowest BCUT2D eigenvalue weighted by Crippen LogP contribution is -2.55. The molecule has 24 heavy (non-hydrogen) atoms. The lowest BCUT2D eigenvalue weighted by Gasteiger charge is -2.34. The zero-order valence-electron chi connectivity index (χ0n) is 13.8. The zero-order chi connectivity index (χ0) is 15.7. The van der Waals surface area contributed by atoms with E-state index in [0.717, 1.165) is 23.0 Å². The SMILES string of the molecule is CC(N)(C(=O)NC1CCN2CCCCC12)c1ccc(Br)cc1.Cl.Cl. The van der Waals surface area contributed by atoms with Gasteiger partial charge in [-0.05, 0) is 50.4 Å². The Morgan fingerprint density at radius 2 is 1.88 bits per heavy atom. The maximum Gasteiger partial charge on any atom is 0.244 e. The molecule has 0 aliphatic carbocycles. The van der Waals surface area contributed by atoms with Crippen LogP contribution < -0.4 is 11.1 Å². The molecule has 3 rings (SSSR count). The number of amides is 1. The fourth-order valence-corrected chi connectivity index (χ4v) is 3.93. The lowest BCUT2D eigenvalue weighted by atomic mass is 9.91. The predicted octanol–water partition coefficient (Wildman–Crippen LogP) is 3.21. The van der Waals surface area contributed by atoms with Crippen molar-refractivity contribution in [2.24, 2.45) is 5.73 Å². The zero-order valence-corrected chi connectivity index (χ0v) is 17.1. The Labute approximate surface area is 164 Å². The molecule has 136 valence electrons. The van der Waals surface area contributed by atoms with Gasteiger partial charge in [0.2, 0.25) is 5.91 Å².